The molecule has 1 amide bonds. The Kier molecular flexibility index (Phi) is 7.05. The Labute approximate surface area is 142 Å². The minimum atomic E-state index is -4.87. The highest BCUT2D eigenvalue weighted by Gasteiger charge is 2.29. The van der Waals surface area contributed by atoms with Crippen molar-refractivity contribution in [2.75, 3.05) is 6.61 Å². The van der Waals surface area contributed by atoms with Gasteiger partial charge in [0.05, 0.1) is 22.8 Å². The van der Waals surface area contributed by atoms with E-state index in [1.165, 1.54) is 0 Å². The summed E-state index contributed by atoms with van der Waals surface area (Å²) in [6.07, 6.45) is 2.76. The van der Waals surface area contributed by atoms with Crippen LogP contribution in [-0.2, 0) is 14.6 Å². The van der Waals surface area contributed by atoms with Gasteiger partial charge in [0.15, 0.2) is 0 Å². The number of aromatic nitrogens is 1. The van der Waals surface area contributed by atoms with Crippen LogP contribution >= 0.6 is 15.9 Å². The number of amides is 1. The molecule has 0 aliphatic rings. The van der Waals surface area contributed by atoms with Crippen molar-refractivity contribution < 1.29 is 26.3 Å². The Balaban J connectivity index is 2.92. The number of unbranched alkanes of at least 4 members (excludes halogenated alkanes) is 1. The third-order valence-corrected chi connectivity index (χ3v) is 4.05. The van der Waals surface area contributed by atoms with Gasteiger partial charge in [0.2, 0.25) is 10.4 Å². The van der Waals surface area contributed by atoms with Gasteiger partial charge >= 0.3 is 0 Å². The van der Waals surface area contributed by atoms with E-state index in [0.29, 0.717) is 12.8 Å². The number of hydrogen-bond acceptors (Lipinski definition) is 6. The highest BCUT2D eigenvalue weighted by molar-refractivity contribution is 9.10. The summed E-state index contributed by atoms with van der Waals surface area (Å²) in [5.74, 6) is -1.25. The van der Waals surface area contributed by atoms with E-state index in [2.05, 4.69) is 30.4 Å². The predicted octanol–water partition coefficient (Wildman–Crippen LogP) is 2.14. The lowest BCUT2D eigenvalue weighted by Gasteiger charge is -2.31. The van der Waals surface area contributed by atoms with Crippen LogP contribution in [0.2, 0.25) is 0 Å². The van der Waals surface area contributed by atoms with Crippen molar-refractivity contribution in [3.8, 4) is 0 Å². The maximum Gasteiger partial charge on any atom is 0.271 e. The first-order chi connectivity index (χ1) is 10.6. The fourth-order valence-electron chi connectivity index (χ4n) is 1.85. The Morgan fingerprint density at radius 3 is 2.74 bits per heavy atom. The van der Waals surface area contributed by atoms with Gasteiger partial charge in [0, 0.05) is 0 Å². The molecule has 7 nitrogen and oxygen atoms in total. The fourth-order valence-corrected chi connectivity index (χ4v) is 2.76. The van der Waals surface area contributed by atoms with Crippen LogP contribution in [0.3, 0.4) is 0 Å². The van der Waals surface area contributed by atoms with E-state index in [-0.39, 0.29) is 10.2 Å². The van der Waals surface area contributed by atoms with Crippen LogP contribution in [0.5, 0.6) is 0 Å². The first-order valence-electron chi connectivity index (χ1n) is 6.80. The topological polar surface area (TPSA) is 108 Å². The van der Waals surface area contributed by atoms with E-state index in [0.717, 1.165) is 18.7 Å². The molecule has 1 atom stereocenters. The number of nitrogens with one attached hydrogen (secondary N) is 1. The van der Waals surface area contributed by atoms with Gasteiger partial charge in [-0.25, -0.2) is 17.8 Å². The number of pyridine rings is 1. The summed E-state index contributed by atoms with van der Waals surface area (Å²) in [6.45, 7) is 2.98. The molecule has 0 aliphatic heterocycles. The quantitative estimate of drug-likeness (QED) is 0.518. The standard InChI is InChI=1S/C13H18BrFN2O5S/c1-3-4-5-13(2,8-22-23(19,20)21)17-12(18)11-10(14)6-9(15)7-16-11/h6-7H,3-5,8H2,1-2H3,(H,17,18)(H,19,20,21)/p-1/t13-/m1/s1. The highest BCUT2D eigenvalue weighted by atomic mass is 79.9. The second kappa shape index (κ2) is 8.13. The fraction of sp³-hybridized carbons (Fsp3) is 0.538. The molecule has 0 aliphatic carbocycles. The zero-order valence-electron chi connectivity index (χ0n) is 12.6. The van der Waals surface area contributed by atoms with Crippen LogP contribution in [0.25, 0.3) is 0 Å². The molecule has 0 saturated heterocycles. The lowest BCUT2D eigenvalue weighted by atomic mass is 9.95. The van der Waals surface area contributed by atoms with Crippen molar-refractivity contribution in [3.05, 3.63) is 28.2 Å². The number of carbonyl (C=O) groups is 1. The monoisotopic (exact) mass is 411 g/mol. The van der Waals surface area contributed by atoms with E-state index >= 15 is 0 Å². The molecular weight excluding hydrogens is 395 g/mol. The number of halogens is 2. The average molecular weight is 412 g/mol. The minimum Gasteiger partial charge on any atom is -0.726 e. The SMILES string of the molecule is CCCC[C@](C)(COS(=O)(=O)[O-])NC(=O)c1ncc(F)cc1Br. The Bertz CT molecular complexity index is 670. The summed E-state index contributed by atoms with van der Waals surface area (Å²) in [7, 11) is -4.87. The molecular formula is C13H17BrFN2O5S-. The van der Waals surface area contributed by atoms with E-state index in [9.17, 15) is 22.2 Å². The van der Waals surface area contributed by atoms with Gasteiger partial charge in [0.1, 0.15) is 11.5 Å². The molecule has 0 fully saturated rings. The summed E-state index contributed by atoms with van der Waals surface area (Å²) >= 11 is 3.04. The predicted molar refractivity (Wildman–Crippen MR) is 82.9 cm³/mol. The zero-order valence-corrected chi connectivity index (χ0v) is 15.0. The van der Waals surface area contributed by atoms with Gasteiger partial charge in [-0.15, -0.1) is 0 Å². The van der Waals surface area contributed by atoms with Crippen molar-refractivity contribution in [2.45, 2.75) is 38.6 Å². The lowest BCUT2D eigenvalue weighted by molar-refractivity contribution is 0.0841. The molecule has 1 rings (SSSR count). The Hall–Kier alpha value is -1.10. The van der Waals surface area contributed by atoms with Crippen LogP contribution in [-0.4, -0.2) is 36.0 Å². The molecule has 1 N–H and O–H groups in total. The van der Waals surface area contributed by atoms with Gasteiger partial charge in [-0.1, -0.05) is 19.8 Å². The van der Waals surface area contributed by atoms with Gasteiger partial charge in [-0.05, 0) is 35.3 Å². The van der Waals surface area contributed by atoms with Crippen LogP contribution in [0.1, 0.15) is 43.6 Å². The Morgan fingerprint density at radius 2 is 2.22 bits per heavy atom. The average Bonchev–Trinajstić information content (AvgIpc) is 2.42. The van der Waals surface area contributed by atoms with Gasteiger partial charge in [0.25, 0.3) is 5.91 Å². The molecule has 0 aromatic carbocycles. The summed E-state index contributed by atoms with van der Waals surface area (Å²) in [4.78, 5) is 16.0. The third-order valence-electron chi connectivity index (χ3n) is 3.04. The first kappa shape index (κ1) is 19.9. The molecule has 1 aromatic heterocycles. The van der Waals surface area contributed by atoms with E-state index < -0.39 is 34.3 Å². The summed E-state index contributed by atoms with van der Waals surface area (Å²) in [6, 6.07) is 1.09. The van der Waals surface area contributed by atoms with Crippen LogP contribution in [0, 0.1) is 5.82 Å². The molecule has 1 aromatic rings. The number of rotatable bonds is 8. The number of hydrogen-bond donors (Lipinski definition) is 1. The smallest absolute Gasteiger partial charge is 0.271 e. The number of carbonyl (C=O) groups excluding carboxylic acids is 1. The van der Waals surface area contributed by atoms with Crippen molar-refractivity contribution in [2.24, 2.45) is 0 Å². The van der Waals surface area contributed by atoms with Crippen molar-refractivity contribution >= 4 is 32.2 Å². The van der Waals surface area contributed by atoms with Crippen LogP contribution < -0.4 is 5.32 Å². The van der Waals surface area contributed by atoms with Crippen molar-refractivity contribution in [1.29, 1.82) is 0 Å². The van der Waals surface area contributed by atoms with E-state index in [1.54, 1.807) is 6.92 Å². The molecule has 23 heavy (non-hydrogen) atoms. The van der Waals surface area contributed by atoms with Gasteiger partial charge in [-0.2, -0.15) is 0 Å². The van der Waals surface area contributed by atoms with E-state index in [4.69, 9.17) is 0 Å². The van der Waals surface area contributed by atoms with Crippen molar-refractivity contribution in [3.63, 3.8) is 0 Å². The highest BCUT2D eigenvalue weighted by Crippen LogP contribution is 2.19. The second-order valence-corrected chi connectivity index (χ2v) is 7.18. The summed E-state index contributed by atoms with van der Waals surface area (Å²) in [5, 5.41) is 2.60. The lowest BCUT2D eigenvalue weighted by Crippen LogP contribution is -2.50. The zero-order chi connectivity index (χ0) is 17.7. The molecule has 0 bridgehead atoms. The minimum absolute atomic E-state index is 0.0564. The largest absolute Gasteiger partial charge is 0.726 e. The van der Waals surface area contributed by atoms with Crippen LogP contribution in [0.4, 0.5) is 4.39 Å². The van der Waals surface area contributed by atoms with Gasteiger partial charge in [-0.3, -0.25) is 8.98 Å². The molecule has 0 saturated carbocycles. The molecule has 0 unspecified atom stereocenters. The summed E-state index contributed by atoms with van der Waals surface area (Å²) in [5.41, 5.74) is -1.14. The normalized spacial score (nSPS) is 14.3. The maximum absolute atomic E-state index is 13.0. The first-order valence-corrected chi connectivity index (χ1v) is 8.93. The molecule has 130 valence electrons. The van der Waals surface area contributed by atoms with Gasteiger partial charge < -0.3 is 9.87 Å². The second-order valence-electron chi connectivity index (χ2n) is 5.27. The Morgan fingerprint density at radius 1 is 1.57 bits per heavy atom. The third kappa shape index (κ3) is 6.90. The molecule has 0 radical (unpaired) electrons. The molecule has 10 heteroatoms. The van der Waals surface area contributed by atoms with Crippen LogP contribution in [0.15, 0.2) is 16.7 Å². The number of nitrogens with zero attached hydrogens (tertiary/aromatic N) is 1. The molecule has 0 spiro atoms. The summed E-state index contributed by atoms with van der Waals surface area (Å²) < 4.78 is 49.4. The van der Waals surface area contributed by atoms with E-state index in [1.807, 2.05) is 6.92 Å². The molecule has 1 heterocycles. The van der Waals surface area contributed by atoms with Crippen molar-refractivity contribution in [1.82, 2.24) is 10.3 Å². The maximum atomic E-state index is 13.0.